The summed E-state index contributed by atoms with van der Waals surface area (Å²) in [4.78, 5) is 35.9. The minimum Gasteiger partial charge on any atom is -0.462 e. The number of esters is 2. The van der Waals surface area contributed by atoms with Crippen molar-refractivity contribution in [1.82, 2.24) is 0 Å². The molecule has 0 rings (SSSR count). The summed E-state index contributed by atoms with van der Waals surface area (Å²) < 4.78 is 34.7. The van der Waals surface area contributed by atoms with E-state index in [1.807, 2.05) is 21.1 Å². The first-order valence-corrected chi connectivity index (χ1v) is 36.4. The van der Waals surface area contributed by atoms with Crippen LogP contribution >= 0.6 is 7.82 Å². The molecule has 86 heavy (non-hydrogen) atoms. The summed E-state index contributed by atoms with van der Waals surface area (Å²) in [5, 5.41) is 0. The second-order valence-corrected chi connectivity index (χ2v) is 25.6. The fraction of sp³-hybridized carbons (Fsp3) is 0.684. The fourth-order valence-electron chi connectivity index (χ4n) is 9.33. The lowest BCUT2D eigenvalue weighted by molar-refractivity contribution is -0.870. The number of phosphoric ester groups is 1. The second kappa shape index (κ2) is 65.6. The van der Waals surface area contributed by atoms with Crippen molar-refractivity contribution < 1.29 is 42.1 Å². The first-order chi connectivity index (χ1) is 42.0. The summed E-state index contributed by atoms with van der Waals surface area (Å²) in [6.45, 7) is 4.28. The Morgan fingerprint density at radius 1 is 0.372 bits per heavy atom. The van der Waals surface area contributed by atoms with Gasteiger partial charge >= 0.3 is 19.8 Å². The zero-order valence-corrected chi connectivity index (χ0v) is 56.9. The molecule has 0 spiro atoms. The average molecular weight is 1220 g/mol. The first kappa shape index (κ1) is 82.1. The number of likely N-dealkylation sites (N-methyl/N-ethyl adjacent to an activating group) is 1. The van der Waals surface area contributed by atoms with Crippen LogP contribution in [0.15, 0.2) is 134 Å². The lowest BCUT2D eigenvalue weighted by Crippen LogP contribution is -2.37. The summed E-state index contributed by atoms with van der Waals surface area (Å²) in [5.41, 5.74) is 0. The molecule has 0 fully saturated rings. The predicted molar refractivity (Wildman–Crippen MR) is 371 cm³/mol. The van der Waals surface area contributed by atoms with Crippen molar-refractivity contribution in [3.8, 4) is 0 Å². The van der Waals surface area contributed by atoms with Crippen molar-refractivity contribution in [1.29, 1.82) is 0 Å². The van der Waals surface area contributed by atoms with Crippen LogP contribution in [0.25, 0.3) is 0 Å². The van der Waals surface area contributed by atoms with Crippen molar-refractivity contribution in [3.63, 3.8) is 0 Å². The zero-order chi connectivity index (χ0) is 62.6. The Labute approximate surface area is 530 Å². The molecule has 0 radical (unpaired) electrons. The second-order valence-electron chi connectivity index (χ2n) is 24.2. The third-order valence-electron chi connectivity index (χ3n) is 14.7. The molecule has 2 unspecified atom stereocenters. The Bertz CT molecular complexity index is 1910. The number of hydrogen-bond donors (Lipinski definition) is 1. The maximum atomic E-state index is 12.9. The Morgan fingerprint density at radius 2 is 0.663 bits per heavy atom. The van der Waals surface area contributed by atoms with Crippen molar-refractivity contribution in [2.45, 2.75) is 290 Å². The highest BCUT2D eigenvalue weighted by Gasteiger charge is 2.27. The van der Waals surface area contributed by atoms with Gasteiger partial charge in [0.05, 0.1) is 27.7 Å². The molecule has 0 heterocycles. The van der Waals surface area contributed by atoms with E-state index >= 15 is 0 Å². The number of ether oxygens (including phenoxy) is 2. The van der Waals surface area contributed by atoms with Gasteiger partial charge in [0.2, 0.25) is 0 Å². The first-order valence-electron chi connectivity index (χ1n) is 34.9. The number of nitrogens with zero attached hydrogens (tertiary/aromatic N) is 1. The minimum absolute atomic E-state index is 0.0187. The van der Waals surface area contributed by atoms with Crippen LogP contribution in [0, 0.1) is 0 Å². The molecule has 0 amide bonds. The maximum absolute atomic E-state index is 12.9. The summed E-state index contributed by atoms with van der Waals surface area (Å²) in [7, 11) is 1.44. The van der Waals surface area contributed by atoms with Crippen LogP contribution in [0.4, 0.5) is 0 Å². The van der Waals surface area contributed by atoms with Gasteiger partial charge in [0.1, 0.15) is 19.8 Å². The number of unbranched alkanes of at least 4 members (excludes halogenated alkanes) is 27. The van der Waals surface area contributed by atoms with Gasteiger partial charge in [-0.25, -0.2) is 4.57 Å². The van der Waals surface area contributed by atoms with E-state index in [0.29, 0.717) is 17.4 Å². The summed E-state index contributed by atoms with van der Waals surface area (Å²) in [6.07, 6.45) is 95.6. The number of rotatable bonds is 63. The molecule has 0 aromatic carbocycles. The lowest BCUT2D eigenvalue weighted by Gasteiger charge is -2.24. The largest absolute Gasteiger partial charge is 0.472 e. The SMILES string of the molecule is CC/C=C\C/C=C\C/C=C\C/C=C\C/C=C\C/C=C\C/C=C\C/C=C\C/C=C\CCCCCC(=O)OC(COC(=O)CCCCCCCCCCCCCCCCCCCCC/C=C\C/C=C\CCCCCCC)COP(=O)(O)OCC[N+](C)(C)C. The Balaban J connectivity index is 4.15. The molecule has 0 saturated carbocycles. The number of quaternary nitrogens is 1. The van der Waals surface area contributed by atoms with Gasteiger partial charge in [0, 0.05) is 12.8 Å². The Hall–Kier alpha value is -3.85. The molecule has 0 aliphatic carbocycles. The third-order valence-corrected chi connectivity index (χ3v) is 15.6. The zero-order valence-electron chi connectivity index (χ0n) is 56.0. The van der Waals surface area contributed by atoms with Gasteiger partial charge in [-0.1, -0.05) is 289 Å². The summed E-state index contributed by atoms with van der Waals surface area (Å²) >= 11 is 0. The van der Waals surface area contributed by atoms with Crippen molar-refractivity contribution >= 4 is 19.8 Å². The molecular formula is C76H131NO8P+. The van der Waals surface area contributed by atoms with Crippen LogP contribution in [0.2, 0.25) is 0 Å². The number of hydrogen-bond acceptors (Lipinski definition) is 7. The van der Waals surface area contributed by atoms with E-state index in [1.165, 1.54) is 148 Å². The van der Waals surface area contributed by atoms with Gasteiger partial charge in [0.25, 0.3) is 0 Å². The highest BCUT2D eigenvalue weighted by atomic mass is 31.2. The minimum atomic E-state index is -4.41. The van der Waals surface area contributed by atoms with Gasteiger partial charge in [-0.15, -0.1) is 0 Å². The molecule has 0 aliphatic rings. The highest BCUT2D eigenvalue weighted by molar-refractivity contribution is 7.47. The third kappa shape index (κ3) is 69.3. The van der Waals surface area contributed by atoms with Gasteiger partial charge in [-0.05, 0) is 116 Å². The van der Waals surface area contributed by atoms with Gasteiger partial charge in [0.15, 0.2) is 6.10 Å². The molecule has 0 aliphatic heterocycles. The molecule has 2 atom stereocenters. The van der Waals surface area contributed by atoms with E-state index in [0.717, 1.165) is 103 Å². The fourth-order valence-corrected chi connectivity index (χ4v) is 10.1. The van der Waals surface area contributed by atoms with E-state index in [1.54, 1.807) is 0 Å². The number of carbonyl (C=O) groups excluding carboxylic acids is 2. The molecule has 0 aromatic rings. The van der Waals surface area contributed by atoms with Crippen LogP contribution in [0.1, 0.15) is 284 Å². The van der Waals surface area contributed by atoms with Gasteiger partial charge in [-0.2, -0.15) is 0 Å². The molecule has 0 aromatic heterocycles. The molecule has 9 nitrogen and oxygen atoms in total. The topological polar surface area (TPSA) is 108 Å². The van der Waals surface area contributed by atoms with Crippen LogP contribution in [0.5, 0.6) is 0 Å². The summed E-state index contributed by atoms with van der Waals surface area (Å²) in [5.74, 6) is -0.836. The monoisotopic (exact) mass is 1220 g/mol. The lowest BCUT2D eigenvalue weighted by atomic mass is 10.0. The molecule has 1 N–H and O–H groups in total. The predicted octanol–water partition coefficient (Wildman–Crippen LogP) is 22.8. The van der Waals surface area contributed by atoms with Crippen molar-refractivity contribution in [2.75, 3.05) is 47.5 Å². The van der Waals surface area contributed by atoms with Crippen LogP contribution in [-0.2, 0) is 32.7 Å². The smallest absolute Gasteiger partial charge is 0.462 e. The summed E-state index contributed by atoms with van der Waals surface area (Å²) in [6, 6.07) is 0. The number of allylic oxidation sites excluding steroid dienone is 22. The van der Waals surface area contributed by atoms with E-state index < -0.39 is 26.5 Å². The Morgan fingerprint density at radius 3 is 1.00 bits per heavy atom. The number of carbonyl (C=O) groups is 2. The van der Waals surface area contributed by atoms with Crippen LogP contribution in [-0.4, -0.2) is 74.9 Å². The average Bonchev–Trinajstić information content (AvgIpc) is 3.56. The van der Waals surface area contributed by atoms with E-state index in [4.69, 9.17) is 18.5 Å². The van der Waals surface area contributed by atoms with Crippen LogP contribution in [0.3, 0.4) is 0 Å². The van der Waals surface area contributed by atoms with Gasteiger partial charge in [-0.3, -0.25) is 18.6 Å². The van der Waals surface area contributed by atoms with Crippen molar-refractivity contribution in [3.05, 3.63) is 134 Å². The molecule has 0 bridgehead atoms. The van der Waals surface area contributed by atoms with Gasteiger partial charge < -0.3 is 18.9 Å². The van der Waals surface area contributed by atoms with E-state index in [9.17, 15) is 19.0 Å². The maximum Gasteiger partial charge on any atom is 0.472 e. The van der Waals surface area contributed by atoms with Crippen LogP contribution < -0.4 is 0 Å². The molecule has 492 valence electrons. The van der Waals surface area contributed by atoms with E-state index in [-0.39, 0.29) is 32.0 Å². The number of phosphoric acid groups is 1. The molecule has 10 heteroatoms. The molecule has 0 saturated heterocycles. The molecular weight excluding hydrogens is 1090 g/mol. The van der Waals surface area contributed by atoms with E-state index in [2.05, 4.69) is 148 Å². The Kier molecular flexibility index (Phi) is 62.7. The van der Waals surface area contributed by atoms with Crippen molar-refractivity contribution in [2.24, 2.45) is 0 Å². The normalized spacial score (nSPS) is 14.0. The quantitative estimate of drug-likeness (QED) is 0.0211. The standard InChI is InChI=1S/C76H130NO8P/c1-6-8-10-12-14-16-18-20-22-24-26-28-30-32-34-36-38-40-42-44-46-48-50-52-54-56-58-60-62-64-66-68-75(78)82-72-74(73-84-86(80,81)83-71-70-77(3,4)5)85-76(79)69-67-65-63-61-59-57-55-53-51-49-47-45-43-41-39-37-35-33-31-29-27-25-23-21-19-17-15-13-11-9-7-2/h9,11,15,17-18,20-21,23-24,26-27,29,33,35,39,41,45,47,51,53,57,59,74H,6-8,10,12-14,16,19,22,25,28,30-32,34,36-38,40,42-44,46,48-50,52,54-56,58,60-73H2,1-5H3/p+1/b11-9-,17-15-,20-18-,23-21-,26-24-,29-27-,35-33-,41-39-,47-45-,53-51-,59-57-. The highest BCUT2D eigenvalue weighted by Crippen LogP contribution is 2.43.